The number of carbonyl (C=O) groups is 1. The summed E-state index contributed by atoms with van der Waals surface area (Å²) in [6.07, 6.45) is 0. The van der Waals surface area contributed by atoms with E-state index < -0.39 is 0 Å². The molecule has 0 bridgehead atoms. The summed E-state index contributed by atoms with van der Waals surface area (Å²) in [6.45, 7) is 6.13. The Morgan fingerprint density at radius 2 is 1.76 bits per heavy atom. The molecule has 1 atom stereocenters. The number of esters is 1. The molecule has 2 nitrogen and oxygen atoms in total. The first-order chi connectivity index (χ1) is 8.02. The first-order valence-electron chi connectivity index (χ1n) is 5.71. The van der Waals surface area contributed by atoms with E-state index in [0.29, 0.717) is 11.8 Å². The van der Waals surface area contributed by atoms with Crippen LogP contribution in [0.15, 0.2) is 30.3 Å². The van der Waals surface area contributed by atoms with Crippen molar-refractivity contribution in [3.8, 4) is 0 Å². The first kappa shape index (κ1) is 16.0. The maximum atomic E-state index is 10.4. The second-order valence-corrected chi connectivity index (χ2v) is 4.45. The Labute approximate surface area is 109 Å². The van der Waals surface area contributed by atoms with Crippen LogP contribution >= 0.6 is 11.6 Å². The standard InChI is InChI=1S/C9H12.C5H9ClO2/c1-8(2)9-6-4-3-5-7-9;1-4(3-6)5(7)8-2/h3-8H,1-2H3;4H,3H2,1-2H3. The fourth-order valence-corrected chi connectivity index (χ4v) is 1.23. The molecule has 0 aromatic heterocycles. The molecule has 1 rings (SSSR count). The smallest absolute Gasteiger partial charge is 0.309 e. The average Bonchev–Trinajstić information content (AvgIpc) is 2.38. The van der Waals surface area contributed by atoms with Gasteiger partial charge in [0.15, 0.2) is 0 Å². The number of hydrogen-bond acceptors (Lipinski definition) is 2. The second-order valence-electron chi connectivity index (χ2n) is 4.14. The van der Waals surface area contributed by atoms with Crippen molar-refractivity contribution >= 4 is 17.6 Å². The quantitative estimate of drug-likeness (QED) is 0.607. The van der Waals surface area contributed by atoms with Crippen LogP contribution in [-0.4, -0.2) is 19.0 Å². The average molecular weight is 257 g/mol. The Hall–Kier alpha value is -1.02. The van der Waals surface area contributed by atoms with Crippen molar-refractivity contribution in [1.82, 2.24) is 0 Å². The Kier molecular flexibility index (Phi) is 8.51. The predicted octanol–water partition coefficient (Wildman–Crippen LogP) is 3.84. The lowest BCUT2D eigenvalue weighted by Gasteiger charge is -2.01. The van der Waals surface area contributed by atoms with Crippen LogP contribution in [0.2, 0.25) is 0 Å². The van der Waals surface area contributed by atoms with Crippen molar-refractivity contribution in [2.75, 3.05) is 13.0 Å². The molecule has 96 valence electrons. The molecule has 3 heteroatoms. The van der Waals surface area contributed by atoms with Crippen molar-refractivity contribution in [3.63, 3.8) is 0 Å². The Bertz CT molecular complexity index is 309. The van der Waals surface area contributed by atoms with Crippen LogP contribution < -0.4 is 0 Å². The van der Waals surface area contributed by atoms with E-state index in [-0.39, 0.29) is 11.9 Å². The van der Waals surface area contributed by atoms with E-state index >= 15 is 0 Å². The number of benzene rings is 1. The number of ether oxygens (including phenoxy) is 1. The molecule has 0 fully saturated rings. The zero-order chi connectivity index (χ0) is 13.3. The minimum absolute atomic E-state index is 0.179. The molecule has 0 N–H and O–H groups in total. The zero-order valence-corrected chi connectivity index (χ0v) is 11.7. The predicted molar refractivity (Wildman–Crippen MR) is 72.4 cm³/mol. The number of carbonyl (C=O) groups excluding carboxylic acids is 1. The Morgan fingerprint density at radius 3 is 2.00 bits per heavy atom. The molecular formula is C14H21ClO2. The van der Waals surface area contributed by atoms with Crippen LogP contribution in [0, 0.1) is 5.92 Å². The van der Waals surface area contributed by atoms with Gasteiger partial charge in [0.05, 0.1) is 13.0 Å². The van der Waals surface area contributed by atoms with E-state index in [1.54, 1.807) is 6.92 Å². The van der Waals surface area contributed by atoms with Gasteiger partial charge < -0.3 is 4.74 Å². The number of halogens is 1. The minimum Gasteiger partial charge on any atom is -0.469 e. The Morgan fingerprint density at radius 1 is 1.24 bits per heavy atom. The largest absolute Gasteiger partial charge is 0.469 e. The molecule has 0 saturated carbocycles. The first-order valence-corrected chi connectivity index (χ1v) is 6.25. The summed E-state index contributed by atoms with van der Waals surface area (Å²) < 4.78 is 4.38. The van der Waals surface area contributed by atoms with Gasteiger partial charge in [-0.25, -0.2) is 0 Å². The highest BCUT2D eigenvalue weighted by Gasteiger charge is 2.09. The molecule has 0 heterocycles. The third kappa shape index (κ3) is 7.01. The fourth-order valence-electron chi connectivity index (χ4n) is 1.10. The van der Waals surface area contributed by atoms with Gasteiger partial charge in [-0.3, -0.25) is 4.79 Å². The number of hydrogen-bond donors (Lipinski definition) is 0. The topological polar surface area (TPSA) is 26.3 Å². The Balaban J connectivity index is 0.000000304. The van der Waals surface area contributed by atoms with E-state index in [9.17, 15) is 4.79 Å². The summed E-state index contributed by atoms with van der Waals surface area (Å²) >= 11 is 5.32. The van der Waals surface area contributed by atoms with Crippen LogP contribution in [0.5, 0.6) is 0 Å². The van der Waals surface area contributed by atoms with E-state index in [2.05, 4.69) is 42.8 Å². The van der Waals surface area contributed by atoms with E-state index in [0.717, 1.165) is 0 Å². The van der Waals surface area contributed by atoms with Gasteiger partial charge in [0.1, 0.15) is 0 Å². The maximum absolute atomic E-state index is 10.4. The lowest BCUT2D eigenvalue weighted by molar-refractivity contribution is -0.144. The minimum atomic E-state index is -0.250. The molecule has 0 aliphatic rings. The summed E-state index contributed by atoms with van der Waals surface area (Å²) in [5.41, 5.74) is 1.41. The van der Waals surface area contributed by atoms with Gasteiger partial charge in [-0.2, -0.15) is 0 Å². The maximum Gasteiger partial charge on any atom is 0.309 e. The summed E-state index contributed by atoms with van der Waals surface area (Å²) in [5, 5.41) is 0. The van der Waals surface area contributed by atoms with Crippen LogP contribution in [0.25, 0.3) is 0 Å². The SMILES string of the molecule is CC(C)c1ccccc1.COC(=O)C(C)CCl. The molecule has 0 saturated heterocycles. The van der Waals surface area contributed by atoms with Gasteiger partial charge in [0, 0.05) is 5.88 Å². The molecule has 1 aromatic carbocycles. The number of rotatable bonds is 3. The molecule has 0 amide bonds. The third-order valence-electron chi connectivity index (χ3n) is 2.30. The third-order valence-corrected chi connectivity index (χ3v) is 2.76. The van der Waals surface area contributed by atoms with Gasteiger partial charge >= 0.3 is 5.97 Å². The van der Waals surface area contributed by atoms with E-state index in [1.165, 1.54) is 12.7 Å². The molecule has 1 aromatic rings. The molecular weight excluding hydrogens is 236 g/mol. The van der Waals surface area contributed by atoms with Crippen LogP contribution in [0.3, 0.4) is 0 Å². The van der Waals surface area contributed by atoms with Gasteiger partial charge in [-0.1, -0.05) is 51.1 Å². The molecule has 17 heavy (non-hydrogen) atoms. The van der Waals surface area contributed by atoms with Gasteiger partial charge in [0.2, 0.25) is 0 Å². The van der Waals surface area contributed by atoms with Crippen LogP contribution in [0.1, 0.15) is 32.3 Å². The lowest BCUT2D eigenvalue weighted by atomic mass is 10.0. The van der Waals surface area contributed by atoms with Crippen molar-refractivity contribution in [2.45, 2.75) is 26.7 Å². The second kappa shape index (κ2) is 9.06. The molecule has 0 spiro atoms. The summed E-state index contributed by atoms with van der Waals surface area (Å²) in [6, 6.07) is 10.5. The zero-order valence-electron chi connectivity index (χ0n) is 10.9. The molecule has 0 aliphatic heterocycles. The fraction of sp³-hybridized carbons (Fsp3) is 0.500. The summed E-state index contributed by atoms with van der Waals surface area (Å²) in [7, 11) is 1.35. The number of alkyl halides is 1. The van der Waals surface area contributed by atoms with Gasteiger partial charge in [-0.05, 0) is 11.5 Å². The van der Waals surface area contributed by atoms with Gasteiger partial charge in [-0.15, -0.1) is 11.6 Å². The van der Waals surface area contributed by atoms with Gasteiger partial charge in [0.25, 0.3) is 0 Å². The van der Waals surface area contributed by atoms with E-state index in [1.807, 2.05) is 6.07 Å². The normalized spacial score (nSPS) is 11.4. The summed E-state index contributed by atoms with van der Waals surface area (Å²) in [4.78, 5) is 10.4. The van der Waals surface area contributed by atoms with Crippen molar-refractivity contribution in [3.05, 3.63) is 35.9 Å². The summed E-state index contributed by atoms with van der Waals surface area (Å²) in [5.74, 6) is 0.556. The number of methoxy groups -OCH3 is 1. The van der Waals surface area contributed by atoms with E-state index in [4.69, 9.17) is 11.6 Å². The highest BCUT2D eigenvalue weighted by Crippen LogP contribution is 2.11. The highest BCUT2D eigenvalue weighted by atomic mass is 35.5. The lowest BCUT2D eigenvalue weighted by Crippen LogP contribution is -2.13. The molecule has 1 unspecified atom stereocenters. The van der Waals surface area contributed by atoms with Crippen molar-refractivity contribution < 1.29 is 9.53 Å². The monoisotopic (exact) mass is 256 g/mol. The highest BCUT2D eigenvalue weighted by molar-refractivity contribution is 6.19. The van der Waals surface area contributed by atoms with Crippen LogP contribution in [0.4, 0.5) is 0 Å². The molecule has 0 aliphatic carbocycles. The van der Waals surface area contributed by atoms with Crippen molar-refractivity contribution in [2.24, 2.45) is 5.92 Å². The van der Waals surface area contributed by atoms with Crippen LogP contribution in [-0.2, 0) is 9.53 Å². The van der Waals surface area contributed by atoms with Crippen molar-refractivity contribution in [1.29, 1.82) is 0 Å². The molecule has 0 radical (unpaired) electrons.